The fourth-order valence-corrected chi connectivity index (χ4v) is 0.139. The van der Waals surface area contributed by atoms with Crippen molar-refractivity contribution in [1.82, 2.24) is 5.43 Å². The summed E-state index contributed by atoms with van der Waals surface area (Å²) >= 11 is 0. The molecule has 0 aromatic rings. The van der Waals surface area contributed by atoms with Crippen LogP contribution in [0.25, 0.3) is 0 Å². The maximum absolute atomic E-state index is 8.68. The Morgan fingerprint density at radius 3 is 2.00 bits per heavy atom. The third kappa shape index (κ3) is 2.56. The molecule has 2 unspecified atom stereocenters. The SMILES string of the molecule is CC(O)C(C)NN. The first-order valence-electron chi connectivity index (χ1n) is 2.32. The maximum atomic E-state index is 8.68. The minimum absolute atomic E-state index is 0.0139. The summed E-state index contributed by atoms with van der Waals surface area (Å²) in [5, 5.41) is 8.68. The molecule has 0 aliphatic rings. The van der Waals surface area contributed by atoms with Crippen molar-refractivity contribution in [3.63, 3.8) is 0 Å². The van der Waals surface area contributed by atoms with Crippen LogP contribution in [0.5, 0.6) is 0 Å². The second-order valence-electron chi connectivity index (χ2n) is 1.70. The lowest BCUT2D eigenvalue weighted by molar-refractivity contribution is 0.153. The number of nitrogens with one attached hydrogen (secondary N) is 1. The van der Waals surface area contributed by atoms with Gasteiger partial charge in [0.1, 0.15) is 0 Å². The normalized spacial score (nSPS) is 18.9. The standard InChI is InChI=1S/C4H12N2O/c1-3(6-5)4(2)7/h3-4,6-7H,5H2,1-2H3. The first-order valence-corrected chi connectivity index (χ1v) is 2.32. The van der Waals surface area contributed by atoms with Crippen molar-refractivity contribution in [3.05, 3.63) is 0 Å². The molecular formula is C4H12N2O. The van der Waals surface area contributed by atoms with Crippen LogP contribution < -0.4 is 11.3 Å². The van der Waals surface area contributed by atoms with Crippen LogP contribution >= 0.6 is 0 Å². The van der Waals surface area contributed by atoms with Crippen LogP contribution in [0.15, 0.2) is 0 Å². The zero-order valence-electron chi connectivity index (χ0n) is 4.68. The summed E-state index contributed by atoms with van der Waals surface area (Å²) in [6, 6.07) is -0.0139. The number of hydrogen-bond donors (Lipinski definition) is 3. The summed E-state index contributed by atoms with van der Waals surface area (Å²) in [5.41, 5.74) is 2.41. The van der Waals surface area contributed by atoms with E-state index in [9.17, 15) is 0 Å². The number of hydrazine groups is 1. The Balaban J connectivity index is 3.14. The van der Waals surface area contributed by atoms with Crippen LogP contribution in [0.4, 0.5) is 0 Å². The minimum Gasteiger partial charge on any atom is -0.392 e. The van der Waals surface area contributed by atoms with Crippen molar-refractivity contribution in [3.8, 4) is 0 Å². The van der Waals surface area contributed by atoms with Crippen LogP contribution in [-0.2, 0) is 0 Å². The van der Waals surface area contributed by atoms with Crippen molar-refractivity contribution in [2.75, 3.05) is 0 Å². The number of aliphatic hydroxyl groups excluding tert-OH is 1. The van der Waals surface area contributed by atoms with E-state index in [1.807, 2.05) is 6.92 Å². The highest BCUT2D eigenvalue weighted by Gasteiger charge is 2.02. The van der Waals surface area contributed by atoms with E-state index in [1.165, 1.54) is 0 Å². The fraction of sp³-hybridized carbons (Fsp3) is 1.00. The van der Waals surface area contributed by atoms with Gasteiger partial charge in [0.15, 0.2) is 0 Å². The van der Waals surface area contributed by atoms with Crippen molar-refractivity contribution in [2.45, 2.75) is 26.0 Å². The molecule has 0 aromatic carbocycles. The van der Waals surface area contributed by atoms with E-state index in [0.29, 0.717) is 0 Å². The quantitative estimate of drug-likeness (QED) is 0.318. The van der Waals surface area contributed by atoms with E-state index in [1.54, 1.807) is 6.92 Å². The van der Waals surface area contributed by atoms with Crippen molar-refractivity contribution < 1.29 is 5.11 Å². The van der Waals surface area contributed by atoms with Gasteiger partial charge in [-0.25, -0.2) is 0 Å². The van der Waals surface area contributed by atoms with Crippen LogP contribution in [0.2, 0.25) is 0 Å². The summed E-state index contributed by atoms with van der Waals surface area (Å²) in [7, 11) is 0. The molecule has 0 aliphatic heterocycles. The Morgan fingerprint density at radius 1 is 1.57 bits per heavy atom. The highest BCUT2D eigenvalue weighted by atomic mass is 16.3. The van der Waals surface area contributed by atoms with Gasteiger partial charge in [-0.3, -0.25) is 11.3 Å². The van der Waals surface area contributed by atoms with E-state index >= 15 is 0 Å². The van der Waals surface area contributed by atoms with E-state index in [0.717, 1.165) is 0 Å². The second kappa shape index (κ2) is 2.96. The van der Waals surface area contributed by atoms with E-state index < -0.39 is 0 Å². The fourth-order valence-electron chi connectivity index (χ4n) is 0.139. The van der Waals surface area contributed by atoms with Crippen molar-refractivity contribution in [1.29, 1.82) is 0 Å². The lowest BCUT2D eigenvalue weighted by atomic mass is 10.2. The topological polar surface area (TPSA) is 58.3 Å². The summed E-state index contributed by atoms with van der Waals surface area (Å²) < 4.78 is 0. The molecule has 0 bridgehead atoms. The number of hydrogen-bond acceptors (Lipinski definition) is 3. The van der Waals surface area contributed by atoms with E-state index in [4.69, 9.17) is 10.9 Å². The molecule has 4 N–H and O–H groups in total. The third-order valence-corrected chi connectivity index (χ3v) is 0.986. The molecule has 0 heterocycles. The molecule has 0 aromatic heterocycles. The number of rotatable bonds is 2. The van der Waals surface area contributed by atoms with Gasteiger partial charge in [-0.2, -0.15) is 0 Å². The van der Waals surface area contributed by atoms with Crippen LogP contribution in [0.1, 0.15) is 13.8 Å². The first kappa shape index (κ1) is 6.88. The molecule has 3 heteroatoms. The molecule has 0 saturated heterocycles. The summed E-state index contributed by atoms with van der Waals surface area (Å²) in [4.78, 5) is 0. The Morgan fingerprint density at radius 2 is 2.00 bits per heavy atom. The van der Waals surface area contributed by atoms with Crippen LogP contribution in [-0.4, -0.2) is 17.3 Å². The molecule has 44 valence electrons. The van der Waals surface area contributed by atoms with Crippen molar-refractivity contribution >= 4 is 0 Å². The molecule has 0 fully saturated rings. The lowest BCUT2D eigenvalue weighted by Crippen LogP contribution is -2.40. The molecule has 0 saturated carbocycles. The smallest absolute Gasteiger partial charge is 0.0675 e. The maximum Gasteiger partial charge on any atom is 0.0675 e. The molecule has 0 radical (unpaired) electrons. The van der Waals surface area contributed by atoms with Gasteiger partial charge < -0.3 is 5.11 Å². The Labute approximate surface area is 43.5 Å². The monoisotopic (exact) mass is 104 g/mol. The molecule has 0 spiro atoms. The van der Waals surface area contributed by atoms with Gasteiger partial charge in [0.2, 0.25) is 0 Å². The average molecular weight is 104 g/mol. The highest BCUT2D eigenvalue weighted by molar-refractivity contribution is 4.60. The Hall–Kier alpha value is -0.120. The lowest BCUT2D eigenvalue weighted by Gasteiger charge is -2.11. The second-order valence-corrected chi connectivity index (χ2v) is 1.70. The zero-order valence-corrected chi connectivity index (χ0v) is 4.68. The molecule has 2 atom stereocenters. The molecular weight excluding hydrogens is 92.1 g/mol. The number of aliphatic hydroxyl groups is 1. The van der Waals surface area contributed by atoms with Gasteiger partial charge >= 0.3 is 0 Å². The molecule has 3 nitrogen and oxygen atoms in total. The van der Waals surface area contributed by atoms with Gasteiger partial charge in [0, 0.05) is 6.04 Å². The average Bonchev–Trinajstić information content (AvgIpc) is 1.65. The zero-order chi connectivity index (χ0) is 5.86. The first-order chi connectivity index (χ1) is 3.18. The molecule has 0 rings (SSSR count). The van der Waals surface area contributed by atoms with Crippen LogP contribution in [0, 0.1) is 0 Å². The van der Waals surface area contributed by atoms with E-state index in [2.05, 4.69) is 5.43 Å². The third-order valence-electron chi connectivity index (χ3n) is 0.986. The van der Waals surface area contributed by atoms with E-state index in [-0.39, 0.29) is 12.1 Å². The predicted molar refractivity (Wildman–Crippen MR) is 28.5 cm³/mol. The summed E-state index contributed by atoms with van der Waals surface area (Å²) in [6.45, 7) is 3.50. The Bertz CT molecular complexity index is 47.0. The van der Waals surface area contributed by atoms with Gasteiger partial charge in [0.05, 0.1) is 6.10 Å². The van der Waals surface area contributed by atoms with Gasteiger partial charge in [-0.15, -0.1) is 0 Å². The summed E-state index contributed by atoms with van der Waals surface area (Å²) in [5.74, 6) is 4.96. The van der Waals surface area contributed by atoms with Gasteiger partial charge in [-0.1, -0.05) is 0 Å². The molecule has 0 amide bonds. The minimum atomic E-state index is -0.370. The number of nitrogens with two attached hydrogens (primary N) is 1. The van der Waals surface area contributed by atoms with Crippen molar-refractivity contribution in [2.24, 2.45) is 5.84 Å². The molecule has 0 aliphatic carbocycles. The van der Waals surface area contributed by atoms with Gasteiger partial charge in [0.25, 0.3) is 0 Å². The predicted octanol–water partition coefficient (Wildman–Crippen LogP) is -0.781. The highest BCUT2D eigenvalue weighted by Crippen LogP contribution is 1.85. The Kier molecular flexibility index (Phi) is 2.91. The summed E-state index contributed by atoms with van der Waals surface area (Å²) in [6.07, 6.45) is -0.370. The van der Waals surface area contributed by atoms with Crippen LogP contribution in [0.3, 0.4) is 0 Å². The molecule has 7 heavy (non-hydrogen) atoms. The largest absolute Gasteiger partial charge is 0.392 e. The van der Waals surface area contributed by atoms with Gasteiger partial charge in [-0.05, 0) is 13.8 Å².